The van der Waals surface area contributed by atoms with Gasteiger partial charge in [-0.15, -0.1) is 0 Å². The number of rotatable bonds is 5. The molecule has 2 aliphatic heterocycles. The van der Waals surface area contributed by atoms with Gasteiger partial charge in [-0.25, -0.2) is 9.59 Å². The lowest BCUT2D eigenvalue weighted by atomic mass is 9.67. The van der Waals surface area contributed by atoms with E-state index in [1.165, 1.54) is 4.90 Å². The summed E-state index contributed by atoms with van der Waals surface area (Å²) in [6.45, 7) is 8.36. The smallest absolute Gasteiger partial charge is 0.457 e. The minimum absolute atomic E-state index is 0.297. The first kappa shape index (κ1) is 19.5. The molecular formula is C18H30BNO6. The number of aliphatic carboxylic acids is 1. The molecule has 0 unspecified atom stereocenters. The van der Waals surface area contributed by atoms with E-state index in [2.05, 4.69) is 0 Å². The zero-order chi connectivity index (χ0) is 19.4. The Bertz CT molecular complexity index is 592. The van der Waals surface area contributed by atoms with Gasteiger partial charge in [0.15, 0.2) is 0 Å². The number of hydrogen-bond acceptors (Lipinski definition) is 4. The number of carbonyl (C=O) groups is 2. The summed E-state index contributed by atoms with van der Waals surface area (Å²) in [4.78, 5) is 25.0. The summed E-state index contributed by atoms with van der Waals surface area (Å²) in [6.07, 6.45) is 3.57. The largest absolute Gasteiger partial charge is 0.479 e. The Hall–Kier alpha value is -1.28. The molecule has 1 amide bonds. The third kappa shape index (κ3) is 2.64. The fraction of sp³-hybridized carbons (Fsp3) is 0.889. The molecule has 3 fully saturated rings. The average molecular weight is 367 g/mol. The highest BCUT2D eigenvalue weighted by atomic mass is 16.7. The molecule has 3 rings (SSSR count). The fourth-order valence-electron chi connectivity index (χ4n) is 5.28. The number of nitrogens with zero attached hydrogens (tertiary/aromatic N) is 1. The standard InChI is InChI=1S/C18H30BNO6/c1-15(2)16(3,4)26-19(25-15)11-6-8-17-7-5-9-18(17,13(21)22)20(12-10-17)14(23)24/h5-12H2,1-4H3,(H,21,22)(H,23,24)/t17-,18-/m1/s1. The maximum Gasteiger partial charge on any atom is 0.457 e. The monoisotopic (exact) mass is 367 g/mol. The second-order valence-corrected chi connectivity index (χ2v) is 9.06. The summed E-state index contributed by atoms with van der Waals surface area (Å²) < 4.78 is 12.1. The van der Waals surface area contributed by atoms with Crippen LogP contribution in [0, 0.1) is 5.41 Å². The van der Waals surface area contributed by atoms with E-state index < -0.39 is 23.0 Å². The van der Waals surface area contributed by atoms with Crippen molar-refractivity contribution in [3.05, 3.63) is 0 Å². The molecule has 0 aromatic carbocycles. The van der Waals surface area contributed by atoms with E-state index in [1.807, 2.05) is 27.7 Å². The van der Waals surface area contributed by atoms with E-state index in [-0.39, 0.29) is 18.3 Å². The summed E-state index contributed by atoms with van der Waals surface area (Å²) in [6, 6.07) is 0. The van der Waals surface area contributed by atoms with Crippen LogP contribution in [-0.4, -0.2) is 57.6 Å². The highest BCUT2D eigenvalue weighted by molar-refractivity contribution is 6.45. The van der Waals surface area contributed by atoms with E-state index in [1.54, 1.807) is 0 Å². The van der Waals surface area contributed by atoms with E-state index in [4.69, 9.17) is 9.31 Å². The van der Waals surface area contributed by atoms with Crippen LogP contribution >= 0.6 is 0 Å². The van der Waals surface area contributed by atoms with Crippen LogP contribution in [0.3, 0.4) is 0 Å². The van der Waals surface area contributed by atoms with Gasteiger partial charge in [-0.2, -0.15) is 0 Å². The Balaban J connectivity index is 1.69. The van der Waals surface area contributed by atoms with E-state index >= 15 is 0 Å². The molecule has 0 spiro atoms. The molecule has 0 radical (unpaired) electrons. The van der Waals surface area contributed by atoms with Crippen LogP contribution in [0.2, 0.25) is 6.32 Å². The summed E-state index contributed by atoms with van der Waals surface area (Å²) >= 11 is 0. The fourth-order valence-corrected chi connectivity index (χ4v) is 5.28. The van der Waals surface area contributed by atoms with Crippen molar-refractivity contribution >= 4 is 19.2 Å². The first-order valence-corrected chi connectivity index (χ1v) is 9.57. The highest BCUT2D eigenvalue weighted by Gasteiger charge is 2.67. The lowest BCUT2D eigenvalue weighted by molar-refractivity contribution is -0.153. The van der Waals surface area contributed by atoms with Gasteiger partial charge in [-0.05, 0) is 66.1 Å². The quantitative estimate of drug-likeness (QED) is 0.725. The summed E-state index contributed by atoms with van der Waals surface area (Å²) in [5.41, 5.74) is -2.49. The summed E-state index contributed by atoms with van der Waals surface area (Å²) in [5, 5.41) is 19.5. The van der Waals surface area contributed by atoms with Crippen LogP contribution in [0.1, 0.15) is 66.2 Å². The zero-order valence-corrected chi connectivity index (χ0v) is 16.2. The molecule has 0 aromatic heterocycles. The molecule has 7 nitrogen and oxygen atoms in total. The van der Waals surface area contributed by atoms with Gasteiger partial charge in [-0.1, -0.05) is 6.42 Å². The summed E-state index contributed by atoms with van der Waals surface area (Å²) in [7, 11) is -0.297. The van der Waals surface area contributed by atoms with Crippen molar-refractivity contribution in [3.8, 4) is 0 Å². The molecule has 2 saturated heterocycles. The van der Waals surface area contributed by atoms with Crippen LogP contribution < -0.4 is 0 Å². The number of amides is 1. The average Bonchev–Trinajstić information content (AvgIpc) is 3.06. The van der Waals surface area contributed by atoms with Crippen LogP contribution in [0.4, 0.5) is 4.79 Å². The number of carboxylic acid groups (broad SMARTS) is 2. The first-order valence-electron chi connectivity index (χ1n) is 9.57. The highest BCUT2D eigenvalue weighted by Crippen LogP contribution is 2.59. The van der Waals surface area contributed by atoms with Crippen LogP contribution in [0.25, 0.3) is 0 Å². The van der Waals surface area contributed by atoms with E-state index in [0.717, 1.165) is 19.3 Å². The number of fused-ring (bicyclic) bond motifs is 1. The third-order valence-electron chi connectivity index (χ3n) is 7.33. The van der Waals surface area contributed by atoms with Gasteiger partial charge < -0.3 is 19.5 Å². The molecular weight excluding hydrogens is 337 g/mol. The van der Waals surface area contributed by atoms with Gasteiger partial charge in [0.05, 0.1) is 11.2 Å². The minimum Gasteiger partial charge on any atom is -0.479 e. The van der Waals surface area contributed by atoms with Gasteiger partial charge in [0, 0.05) is 12.0 Å². The topological polar surface area (TPSA) is 96.3 Å². The van der Waals surface area contributed by atoms with Gasteiger partial charge >= 0.3 is 19.2 Å². The lowest BCUT2D eigenvalue weighted by Gasteiger charge is -2.40. The second-order valence-electron chi connectivity index (χ2n) is 9.06. The van der Waals surface area contributed by atoms with Crippen molar-refractivity contribution in [3.63, 3.8) is 0 Å². The molecule has 3 aliphatic rings. The number of likely N-dealkylation sites (tertiary alicyclic amines) is 1. The molecule has 0 aromatic rings. The summed E-state index contributed by atoms with van der Waals surface area (Å²) in [5.74, 6) is -0.995. The second kappa shape index (κ2) is 6.13. The van der Waals surface area contributed by atoms with Gasteiger partial charge in [-0.3, -0.25) is 4.90 Å². The van der Waals surface area contributed by atoms with E-state index in [9.17, 15) is 19.8 Å². The molecule has 8 heteroatoms. The molecule has 0 bridgehead atoms. The van der Waals surface area contributed by atoms with Crippen molar-refractivity contribution in [2.75, 3.05) is 6.54 Å². The molecule has 2 heterocycles. The van der Waals surface area contributed by atoms with Crippen molar-refractivity contribution in [2.24, 2.45) is 5.41 Å². The maximum absolute atomic E-state index is 12.2. The molecule has 2 atom stereocenters. The Morgan fingerprint density at radius 1 is 1.04 bits per heavy atom. The Morgan fingerprint density at radius 3 is 2.19 bits per heavy atom. The number of carboxylic acids is 1. The van der Waals surface area contributed by atoms with E-state index in [0.29, 0.717) is 32.1 Å². The zero-order valence-electron chi connectivity index (χ0n) is 16.2. The molecule has 26 heavy (non-hydrogen) atoms. The normalized spacial score (nSPS) is 34.9. The van der Waals surface area contributed by atoms with Gasteiger partial charge in [0.1, 0.15) is 5.54 Å². The minimum atomic E-state index is -1.27. The van der Waals surface area contributed by atoms with Gasteiger partial charge in [0.25, 0.3) is 0 Å². The van der Waals surface area contributed by atoms with Crippen LogP contribution in [0.15, 0.2) is 0 Å². The molecule has 1 aliphatic carbocycles. The van der Waals surface area contributed by atoms with Gasteiger partial charge in [0.2, 0.25) is 0 Å². The molecule has 2 N–H and O–H groups in total. The Morgan fingerprint density at radius 2 is 1.65 bits per heavy atom. The predicted octanol–water partition coefficient (Wildman–Crippen LogP) is 3.24. The van der Waals surface area contributed by atoms with Crippen molar-refractivity contribution in [1.29, 1.82) is 0 Å². The molecule has 1 saturated carbocycles. The predicted molar refractivity (Wildman–Crippen MR) is 96.1 cm³/mol. The molecule has 146 valence electrons. The van der Waals surface area contributed by atoms with Crippen LogP contribution in [0.5, 0.6) is 0 Å². The third-order valence-corrected chi connectivity index (χ3v) is 7.33. The number of hydrogen-bond donors (Lipinski definition) is 2. The maximum atomic E-state index is 12.2. The lowest BCUT2D eigenvalue weighted by Crippen LogP contribution is -2.58. The van der Waals surface area contributed by atoms with Crippen molar-refractivity contribution in [2.45, 2.75) is 89.3 Å². The Labute approximate surface area is 155 Å². The SMILES string of the molecule is CC1(C)OB(CCC[C@@]23CCC[C@]2(C(=O)O)N(C(=O)O)CC3)OC1(C)C. The van der Waals surface area contributed by atoms with Crippen molar-refractivity contribution in [1.82, 2.24) is 4.90 Å². The first-order chi connectivity index (χ1) is 12.0. The van der Waals surface area contributed by atoms with Crippen molar-refractivity contribution < 1.29 is 29.1 Å². The van der Waals surface area contributed by atoms with Crippen LogP contribution in [-0.2, 0) is 14.1 Å². The Kier molecular flexibility index (Phi) is 4.59.